The second-order valence-corrected chi connectivity index (χ2v) is 5.50. The summed E-state index contributed by atoms with van der Waals surface area (Å²) in [5.74, 6) is 0. The summed E-state index contributed by atoms with van der Waals surface area (Å²) in [7, 11) is 0. The molecule has 0 radical (unpaired) electrons. The Morgan fingerprint density at radius 3 is 2.00 bits per heavy atom. The van der Waals surface area contributed by atoms with Gasteiger partial charge in [0.15, 0.2) is 0 Å². The van der Waals surface area contributed by atoms with Gasteiger partial charge in [-0.15, -0.1) is 0 Å². The minimum Gasteiger partial charge on any atom is -0.396 e. The van der Waals surface area contributed by atoms with Crippen LogP contribution < -0.4 is 0 Å². The van der Waals surface area contributed by atoms with E-state index in [4.69, 9.17) is 0 Å². The van der Waals surface area contributed by atoms with Gasteiger partial charge in [0, 0.05) is 5.41 Å². The first-order chi connectivity index (χ1) is 5.92. The molecule has 0 bridgehead atoms. The molecule has 0 spiro atoms. The van der Waals surface area contributed by atoms with Crippen molar-refractivity contribution in [2.75, 3.05) is 6.61 Å². The van der Waals surface area contributed by atoms with Gasteiger partial charge in [0.1, 0.15) is 0 Å². The fourth-order valence-electron chi connectivity index (χ4n) is 2.52. The second kappa shape index (κ2) is 3.58. The lowest BCUT2D eigenvalue weighted by Crippen LogP contribution is -2.44. The summed E-state index contributed by atoms with van der Waals surface area (Å²) in [6.45, 7) is 6.24. The number of hydrogen-bond acceptors (Lipinski definition) is 2. The second-order valence-electron chi connectivity index (χ2n) is 5.50. The fraction of sp³-hybridized carbons (Fsp3) is 1.00. The van der Waals surface area contributed by atoms with E-state index in [2.05, 4.69) is 0 Å². The number of hydrogen-bond donors (Lipinski definition) is 2. The summed E-state index contributed by atoms with van der Waals surface area (Å²) in [6, 6.07) is 0. The van der Waals surface area contributed by atoms with Crippen molar-refractivity contribution < 1.29 is 10.2 Å². The molecular formula is C11H22O2. The maximum absolute atomic E-state index is 10.2. The number of aliphatic hydroxyl groups excluding tert-OH is 2. The van der Waals surface area contributed by atoms with Crippen molar-refractivity contribution in [1.29, 1.82) is 0 Å². The third kappa shape index (κ3) is 2.05. The fourth-order valence-corrected chi connectivity index (χ4v) is 2.52. The minimum absolute atomic E-state index is 0.118. The van der Waals surface area contributed by atoms with E-state index in [0.29, 0.717) is 0 Å². The Hall–Kier alpha value is -0.0800. The van der Waals surface area contributed by atoms with Gasteiger partial charge in [0.25, 0.3) is 0 Å². The van der Waals surface area contributed by atoms with Gasteiger partial charge in [0.05, 0.1) is 12.7 Å². The summed E-state index contributed by atoms with van der Waals surface area (Å²) in [5.41, 5.74) is -0.328. The highest BCUT2D eigenvalue weighted by Crippen LogP contribution is 2.45. The molecule has 78 valence electrons. The van der Waals surface area contributed by atoms with Gasteiger partial charge >= 0.3 is 0 Å². The lowest BCUT2D eigenvalue weighted by Gasteiger charge is -2.40. The Balaban J connectivity index is 2.76. The summed E-state index contributed by atoms with van der Waals surface area (Å²) >= 11 is 0. The lowest BCUT2D eigenvalue weighted by molar-refractivity contribution is -0.0736. The molecule has 1 atom stereocenters. The molecule has 0 heterocycles. The largest absolute Gasteiger partial charge is 0.396 e. The molecule has 0 aromatic carbocycles. The maximum atomic E-state index is 10.2. The van der Waals surface area contributed by atoms with Crippen LogP contribution in [-0.2, 0) is 0 Å². The zero-order valence-corrected chi connectivity index (χ0v) is 9.01. The molecule has 0 unspecified atom stereocenters. The first-order valence-electron chi connectivity index (χ1n) is 5.21. The third-order valence-corrected chi connectivity index (χ3v) is 3.31. The summed E-state index contributed by atoms with van der Waals surface area (Å²) in [5, 5.41) is 19.6. The van der Waals surface area contributed by atoms with Crippen LogP contribution in [0.15, 0.2) is 0 Å². The van der Waals surface area contributed by atoms with Gasteiger partial charge in [-0.2, -0.15) is 0 Å². The molecule has 2 N–H and O–H groups in total. The monoisotopic (exact) mass is 186 g/mol. The van der Waals surface area contributed by atoms with Crippen molar-refractivity contribution in [1.82, 2.24) is 0 Å². The normalized spacial score (nSPS) is 24.7. The molecule has 2 nitrogen and oxygen atoms in total. The van der Waals surface area contributed by atoms with E-state index in [9.17, 15) is 10.2 Å². The molecule has 0 aliphatic heterocycles. The van der Waals surface area contributed by atoms with Crippen LogP contribution in [0.2, 0.25) is 0 Å². The smallest absolute Gasteiger partial charge is 0.0666 e. The Kier molecular flexibility index (Phi) is 3.03. The summed E-state index contributed by atoms with van der Waals surface area (Å²) < 4.78 is 0. The third-order valence-electron chi connectivity index (χ3n) is 3.31. The van der Waals surface area contributed by atoms with E-state index in [1.165, 1.54) is 0 Å². The summed E-state index contributed by atoms with van der Waals surface area (Å²) in [4.78, 5) is 0. The van der Waals surface area contributed by atoms with Crippen molar-refractivity contribution in [3.05, 3.63) is 0 Å². The van der Waals surface area contributed by atoms with Crippen molar-refractivity contribution >= 4 is 0 Å². The highest BCUT2D eigenvalue weighted by molar-refractivity contribution is 4.95. The molecule has 0 saturated heterocycles. The van der Waals surface area contributed by atoms with Crippen molar-refractivity contribution in [2.45, 2.75) is 52.6 Å². The van der Waals surface area contributed by atoms with Crippen LogP contribution in [-0.4, -0.2) is 22.9 Å². The first-order valence-corrected chi connectivity index (χ1v) is 5.21. The van der Waals surface area contributed by atoms with Gasteiger partial charge in [-0.05, 0) is 18.3 Å². The zero-order valence-electron chi connectivity index (χ0n) is 9.01. The quantitative estimate of drug-likeness (QED) is 0.692. The molecule has 1 rings (SSSR count). The van der Waals surface area contributed by atoms with E-state index in [-0.39, 0.29) is 23.5 Å². The molecular weight excluding hydrogens is 164 g/mol. The van der Waals surface area contributed by atoms with E-state index >= 15 is 0 Å². The Bertz CT molecular complexity index is 163. The van der Waals surface area contributed by atoms with Crippen LogP contribution >= 0.6 is 0 Å². The Morgan fingerprint density at radius 1 is 1.23 bits per heavy atom. The van der Waals surface area contributed by atoms with Crippen LogP contribution in [0.1, 0.15) is 46.5 Å². The number of aliphatic hydroxyl groups is 2. The predicted molar refractivity (Wildman–Crippen MR) is 53.4 cm³/mol. The number of rotatable bonds is 2. The van der Waals surface area contributed by atoms with Crippen molar-refractivity contribution in [2.24, 2.45) is 10.8 Å². The van der Waals surface area contributed by atoms with Crippen molar-refractivity contribution in [3.63, 3.8) is 0 Å². The van der Waals surface area contributed by atoms with E-state index < -0.39 is 0 Å². The molecule has 1 saturated carbocycles. The van der Waals surface area contributed by atoms with Crippen LogP contribution in [0.3, 0.4) is 0 Å². The van der Waals surface area contributed by atoms with Crippen LogP contribution in [0.5, 0.6) is 0 Å². The molecule has 1 fully saturated rings. The van der Waals surface area contributed by atoms with Crippen LogP contribution in [0.4, 0.5) is 0 Å². The van der Waals surface area contributed by atoms with Crippen LogP contribution in [0, 0.1) is 10.8 Å². The SMILES string of the molecule is CC(C)(C)[C@@H](O)C1(CO)CCCC1. The minimum atomic E-state index is -0.382. The van der Waals surface area contributed by atoms with E-state index in [1.807, 2.05) is 20.8 Å². The zero-order chi connectivity index (χ0) is 10.1. The molecule has 1 aliphatic carbocycles. The van der Waals surface area contributed by atoms with Gasteiger partial charge in [-0.3, -0.25) is 0 Å². The molecule has 0 aromatic heterocycles. The predicted octanol–water partition coefficient (Wildman–Crippen LogP) is 1.95. The highest BCUT2D eigenvalue weighted by Gasteiger charge is 2.45. The molecule has 13 heavy (non-hydrogen) atoms. The average Bonchev–Trinajstić information content (AvgIpc) is 2.50. The highest BCUT2D eigenvalue weighted by atomic mass is 16.3. The van der Waals surface area contributed by atoms with Crippen LogP contribution in [0.25, 0.3) is 0 Å². The molecule has 0 aromatic rings. The lowest BCUT2D eigenvalue weighted by atomic mass is 9.70. The standard InChI is InChI=1S/C11H22O2/c1-10(2,3)9(13)11(8-12)6-4-5-7-11/h9,12-13H,4-8H2,1-3H3/t9-/m1/s1. The topological polar surface area (TPSA) is 40.5 Å². The first kappa shape index (κ1) is 11.0. The summed E-state index contributed by atoms with van der Waals surface area (Å²) in [6.07, 6.45) is 3.86. The van der Waals surface area contributed by atoms with E-state index in [0.717, 1.165) is 25.7 Å². The molecule has 1 aliphatic rings. The maximum Gasteiger partial charge on any atom is 0.0666 e. The average molecular weight is 186 g/mol. The van der Waals surface area contributed by atoms with Gasteiger partial charge in [-0.1, -0.05) is 33.6 Å². The van der Waals surface area contributed by atoms with E-state index in [1.54, 1.807) is 0 Å². The molecule has 2 heteroatoms. The van der Waals surface area contributed by atoms with Gasteiger partial charge < -0.3 is 10.2 Å². The Labute approximate surface area is 81.0 Å². The van der Waals surface area contributed by atoms with Crippen molar-refractivity contribution in [3.8, 4) is 0 Å². The van der Waals surface area contributed by atoms with Gasteiger partial charge in [0.2, 0.25) is 0 Å². The molecule has 0 amide bonds. The Morgan fingerprint density at radius 2 is 1.69 bits per heavy atom. The van der Waals surface area contributed by atoms with Gasteiger partial charge in [-0.25, -0.2) is 0 Å².